The minimum absolute atomic E-state index is 0.131. The number of anilines is 2. The second-order valence-electron chi connectivity index (χ2n) is 3.32. The second-order valence-corrected chi connectivity index (χ2v) is 3.32. The van der Waals surface area contributed by atoms with Crippen molar-refractivity contribution in [3.63, 3.8) is 0 Å². The Morgan fingerprint density at radius 1 is 1.47 bits per heavy atom. The number of nitrogen functional groups attached to an aromatic ring is 2. The molecule has 0 atom stereocenters. The van der Waals surface area contributed by atoms with Crippen LogP contribution in [0.1, 0.15) is 23.1 Å². The summed E-state index contributed by atoms with van der Waals surface area (Å²) in [7, 11) is 0. The van der Waals surface area contributed by atoms with Gasteiger partial charge in [-0.15, -0.1) is 0 Å². The zero-order valence-electron chi connectivity index (χ0n) is 8.48. The van der Waals surface area contributed by atoms with Crippen LogP contribution in [0.5, 0.6) is 0 Å². The Kier molecular flexibility index (Phi) is 1.85. The second kappa shape index (κ2) is 2.94. The largest absolute Gasteiger partial charge is 0.384 e. The first-order valence-electron chi connectivity index (χ1n) is 4.42. The lowest BCUT2D eigenvalue weighted by Gasteiger charge is -2.05. The van der Waals surface area contributed by atoms with Gasteiger partial charge in [0, 0.05) is 6.20 Å². The van der Waals surface area contributed by atoms with Gasteiger partial charge < -0.3 is 11.5 Å². The fraction of sp³-hybridized carbons (Fsp3) is 0.222. The number of carbonyl (C=O) groups is 1. The number of nitrogens with two attached hydrogens (primary N) is 2. The number of rotatable bonds is 1. The number of imidazole rings is 1. The summed E-state index contributed by atoms with van der Waals surface area (Å²) in [6, 6.07) is 0. The molecule has 0 aliphatic carbocycles. The van der Waals surface area contributed by atoms with Crippen molar-refractivity contribution in [2.45, 2.75) is 13.8 Å². The number of hydrogen-bond acceptors (Lipinski definition) is 5. The summed E-state index contributed by atoms with van der Waals surface area (Å²) in [5.41, 5.74) is 12.3. The van der Waals surface area contributed by atoms with E-state index in [0.717, 1.165) is 0 Å². The van der Waals surface area contributed by atoms with Crippen molar-refractivity contribution in [3.8, 4) is 0 Å². The van der Waals surface area contributed by atoms with Crippen molar-refractivity contribution in [2.24, 2.45) is 0 Å². The average molecular weight is 205 g/mol. The maximum Gasteiger partial charge on any atom is 0.182 e. The van der Waals surface area contributed by atoms with E-state index in [1.165, 1.54) is 13.1 Å². The fourth-order valence-corrected chi connectivity index (χ4v) is 1.54. The van der Waals surface area contributed by atoms with Gasteiger partial charge >= 0.3 is 0 Å². The zero-order chi connectivity index (χ0) is 11.2. The van der Waals surface area contributed by atoms with Gasteiger partial charge in [0.05, 0.1) is 5.56 Å². The first kappa shape index (κ1) is 9.45. The highest BCUT2D eigenvalue weighted by atomic mass is 16.1. The number of ketones is 1. The van der Waals surface area contributed by atoms with E-state index in [-0.39, 0.29) is 5.78 Å². The fourth-order valence-electron chi connectivity index (χ4n) is 1.54. The SMILES string of the molecule is CC(=O)c1cnc2c(N)nc(C)n2c1N. The summed E-state index contributed by atoms with van der Waals surface area (Å²) in [5, 5.41) is 0. The monoisotopic (exact) mass is 205 g/mol. The van der Waals surface area contributed by atoms with Crippen LogP contribution in [0.2, 0.25) is 0 Å². The molecule has 0 aliphatic heterocycles. The van der Waals surface area contributed by atoms with Crippen LogP contribution >= 0.6 is 0 Å². The van der Waals surface area contributed by atoms with Crippen LogP contribution in [0.15, 0.2) is 6.20 Å². The average Bonchev–Trinajstić information content (AvgIpc) is 2.43. The number of nitrogens with zero attached hydrogens (tertiary/aromatic N) is 3. The summed E-state index contributed by atoms with van der Waals surface area (Å²) in [4.78, 5) is 19.3. The highest BCUT2D eigenvalue weighted by molar-refractivity contribution is 5.98. The molecule has 0 amide bonds. The topological polar surface area (TPSA) is 99.3 Å². The highest BCUT2D eigenvalue weighted by Crippen LogP contribution is 2.19. The molecule has 2 aromatic heterocycles. The molecule has 4 N–H and O–H groups in total. The van der Waals surface area contributed by atoms with E-state index < -0.39 is 0 Å². The molecule has 15 heavy (non-hydrogen) atoms. The van der Waals surface area contributed by atoms with E-state index in [4.69, 9.17) is 11.5 Å². The van der Waals surface area contributed by atoms with Gasteiger partial charge in [-0.2, -0.15) is 0 Å². The Bertz CT molecular complexity index is 557. The lowest BCUT2D eigenvalue weighted by Crippen LogP contribution is -2.08. The molecule has 2 rings (SSSR count). The third kappa shape index (κ3) is 1.22. The van der Waals surface area contributed by atoms with E-state index in [9.17, 15) is 4.79 Å². The van der Waals surface area contributed by atoms with E-state index >= 15 is 0 Å². The van der Waals surface area contributed by atoms with Crippen LogP contribution in [0.3, 0.4) is 0 Å². The summed E-state index contributed by atoms with van der Waals surface area (Å²) in [6.45, 7) is 3.19. The van der Waals surface area contributed by atoms with Gasteiger partial charge in [0.1, 0.15) is 11.6 Å². The minimum atomic E-state index is -0.131. The van der Waals surface area contributed by atoms with Crippen molar-refractivity contribution in [3.05, 3.63) is 17.6 Å². The number of carbonyl (C=O) groups excluding carboxylic acids is 1. The number of fused-ring (bicyclic) bond motifs is 1. The van der Waals surface area contributed by atoms with Crippen LogP contribution in [0, 0.1) is 6.92 Å². The van der Waals surface area contributed by atoms with Crippen molar-refractivity contribution in [2.75, 3.05) is 11.5 Å². The normalized spacial score (nSPS) is 10.8. The van der Waals surface area contributed by atoms with E-state index in [2.05, 4.69) is 9.97 Å². The van der Waals surface area contributed by atoms with Gasteiger partial charge in [0.2, 0.25) is 0 Å². The summed E-state index contributed by atoms with van der Waals surface area (Å²) >= 11 is 0. The number of hydrogen-bond donors (Lipinski definition) is 2. The van der Waals surface area contributed by atoms with Crippen LogP contribution < -0.4 is 11.5 Å². The van der Waals surface area contributed by atoms with Crippen molar-refractivity contribution >= 4 is 23.1 Å². The van der Waals surface area contributed by atoms with Crippen molar-refractivity contribution in [1.29, 1.82) is 0 Å². The predicted octanol–water partition coefficient (Wildman–Crippen LogP) is 0.405. The van der Waals surface area contributed by atoms with Gasteiger partial charge in [-0.3, -0.25) is 9.20 Å². The van der Waals surface area contributed by atoms with E-state index in [1.54, 1.807) is 11.3 Å². The molecule has 0 unspecified atom stereocenters. The van der Waals surface area contributed by atoms with Crippen molar-refractivity contribution < 1.29 is 4.79 Å². The predicted molar refractivity (Wildman–Crippen MR) is 56.6 cm³/mol. The molecule has 78 valence electrons. The lowest BCUT2D eigenvalue weighted by atomic mass is 10.2. The summed E-state index contributed by atoms with van der Waals surface area (Å²) in [5.74, 6) is 1.13. The summed E-state index contributed by atoms with van der Waals surface area (Å²) in [6.07, 6.45) is 1.42. The first-order chi connectivity index (χ1) is 7.02. The molecule has 0 spiro atoms. The molecular weight excluding hydrogens is 194 g/mol. The Labute approximate surface area is 85.9 Å². The zero-order valence-corrected chi connectivity index (χ0v) is 8.48. The number of Topliss-reactive ketones (excluding diaryl/α,β-unsaturated/α-hetero) is 1. The summed E-state index contributed by atoms with van der Waals surface area (Å²) < 4.78 is 1.58. The van der Waals surface area contributed by atoms with Gasteiger partial charge in [-0.05, 0) is 13.8 Å². The van der Waals surface area contributed by atoms with Crippen molar-refractivity contribution in [1.82, 2.24) is 14.4 Å². The Balaban J connectivity index is 2.89. The molecule has 0 aromatic carbocycles. The number of aryl methyl sites for hydroxylation is 1. The first-order valence-corrected chi connectivity index (χ1v) is 4.42. The molecule has 0 bridgehead atoms. The van der Waals surface area contributed by atoms with Crippen LogP contribution in [0.25, 0.3) is 5.65 Å². The van der Waals surface area contributed by atoms with Crippen LogP contribution in [0.4, 0.5) is 11.6 Å². The molecule has 2 heterocycles. The van der Waals surface area contributed by atoms with Gasteiger partial charge in [0.15, 0.2) is 17.2 Å². The molecule has 0 radical (unpaired) electrons. The smallest absolute Gasteiger partial charge is 0.182 e. The standard InChI is InChI=1S/C9H11N5O/c1-4(15)6-3-12-9-7(10)13-5(2)14(9)8(6)11/h3H,10-11H2,1-2H3. The third-order valence-corrected chi connectivity index (χ3v) is 2.26. The van der Waals surface area contributed by atoms with Gasteiger partial charge in [-0.25, -0.2) is 9.97 Å². The van der Waals surface area contributed by atoms with E-state index in [1.807, 2.05) is 0 Å². The molecule has 0 fully saturated rings. The molecule has 6 nitrogen and oxygen atoms in total. The van der Waals surface area contributed by atoms with Crippen LogP contribution in [-0.2, 0) is 0 Å². The maximum atomic E-state index is 11.2. The lowest BCUT2D eigenvalue weighted by molar-refractivity contribution is 0.101. The van der Waals surface area contributed by atoms with Gasteiger partial charge in [-0.1, -0.05) is 0 Å². The number of aromatic nitrogens is 3. The molecule has 6 heteroatoms. The molecule has 0 saturated carbocycles. The molecule has 0 saturated heterocycles. The minimum Gasteiger partial charge on any atom is -0.384 e. The molecule has 2 aromatic rings. The quantitative estimate of drug-likeness (QED) is 0.656. The van der Waals surface area contributed by atoms with E-state index in [0.29, 0.717) is 28.7 Å². The van der Waals surface area contributed by atoms with Crippen LogP contribution in [-0.4, -0.2) is 20.2 Å². The third-order valence-electron chi connectivity index (χ3n) is 2.26. The Hall–Kier alpha value is -2.11. The molecular formula is C9H11N5O. The van der Waals surface area contributed by atoms with Gasteiger partial charge in [0.25, 0.3) is 0 Å². The molecule has 0 aliphatic rings. The maximum absolute atomic E-state index is 11.2. The Morgan fingerprint density at radius 3 is 2.73 bits per heavy atom. The highest BCUT2D eigenvalue weighted by Gasteiger charge is 2.14. The Morgan fingerprint density at radius 2 is 2.13 bits per heavy atom.